The number of carbonyl (C=O) groups excluding carboxylic acids is 2. The average Bonchev–Trinajstić information content (AvgIpc) is 2.95. The van der Waals surface area contributed by atoms with Gasteiger partial charge in [0, 0.05) is 37.3 Å². The summed E-state index contributed by atoms with van der Waals surface area (Å²) in [6.07, 6.45) is 0.608. The molecular formula is C20H20F2N2O3. The molecule has 0 radical (unpaired) electrons. The molecule has 0 aliphatic carbocycles. The molecule has 1 aliphatic heterocycles. The lowest BCUT2D eigenvalue weighted by molar-refractivity contribution is 0.0718. The zero-order valence-electron chi connectivity index (χ0n) is 15.0. The van der Waals surface area contributed by atoms with Crippen LogP contribution in [-0.4, -0.2) is 54.9 Å². The number of halogens is 2. The van der Waals surface area contributed by atoms with E-state index in [1.54, 1.807) is 41.2 Å². The minimum Gasteiger partial charge on any atom is -0.497 e. The van der Waals surface area contributed by atoms with Crippen LogP contribution >= 0.6 is 0 Å². The number of amides is 2. The summed E-state index contributed by atoms with van der Waals surface area (Å²) in [6, 6.07) is 9.98. The molecule has 1 fully saturated rings. The largest absolute Gasteiger partial charge is 0.497 e. The van der Waals surface area contributed by atoms with Crippen molar-refractivity contribution in [2.75, 3.05) is 33.3 Å². The van der Waals surface area contributed by atoms with Gasteiger partial charge < -0.3 is 14.5 Å². The molecule has 2 aromatic carbocycles. The Hall–Kier alpha value is -2.96. The number of nitrogens with zero attached hydrogens (tertiary/aromatic N) is 2. The summed E-state index contributed by atoms with van der Waals surface area (Å²) in [5.41, 5.74) is 0.653. The van der Waals surface area contributed by atoms with Crippen molar-refractivity contribution in [3.05, 3.63) is 65.2 Å². The van der Waals surface area contributed by atoms with E-state index in [0.29, 0.717) is 43.9 Å². The quantitative estimate of drug-likeness (QED) is 0.830. The molecule has 0 aromatic heterocycles. The Morgan fingerprint density at radius 2 is 1.37 bits per heavy atom. The van der Waals surface area contributed by atoms with Gasteiger partial charge >= 0.3 is 0 Å². The average molecular weight is 374 g/mol. The predicted octanol–water partition coefficient (Wildman–Crippen LogP) is 2.96. The zero-order valence-corrected chi connectivity index (χ0v) is 15.0. The molecule has 0 spiro atoms. The summed E-state index contributed by atoms with van der Waals surface area (Å²) in [7, 11) is 1.56. The van der Waals surface area contributed by atoms with Crippen molar-refractivity contribution in [2.24, 2.45) is 0 Å². The van der Waals surface area contributed by atoms with Crippen LogP contribution in [0.1, 0.15) is 27.1 Å². The minimum atomic E-state index is -1.05. The molecule has 1 heterocycles. The molecule has 3 rings (SSSR count). The van der Waals surface area contributed by atoms with E-state index in [-0.39, 0.29) is 17.4 Å². The van der Waals surface area contributed by atoms with Crippen molar-refractivity contribution in [3.8, 4) is 5.75 Å². The minimum absolute atomic E-state index is 0.101. The monoisotopic (exact) mass is 374 g/mol. The molecule has 5 nitrogen and oxygen atoms in total. The Balaban J connectivity index is 1.66. The second kappa shape index (κ2) is 8.16. The number of benzene rings is 2. The molecule has 142 valence electrons. The molecule has 0 saturated carbocycles. The van der Waals surface area contributed by atoms with Crippen molar-refractivity contribution in [1.29, 1.82) is 0 Å². The van der Waals surface area contributed by atoms with Gasteiger partial charge in [-0.3, -0.25) is 9.59 Å². The fourth-order valence-corrected chi connectivity index (χ4v) is 3.05. The van der Waals surface area contributed by atoms with E-state index in [1.165, 1.54) is 6.07 Å². The third-order valence-corrected chi connectivity index (χ3v) is 4.57. The number of hydrogen-bond acceptors (Lipinski definition) is 3. The maximum absolute atomic E-state index is 13.4. The van der Waals surface area contributed by atoms with E-state index in [2.05, 4.69) is 0 Å². The molecule has 27 heavy (non-hydrogen) atoms. The highest BCUT2D eigenvalue weighted by atomic mass is 19.2. The molecule has 0 N–H and O–H groups in total. The molecule has 0 unspecified atom stereocenters. The van der Waals surface area contributed by atoms with Gasteiger partial charge in [0.05, 0.1) is 7.11 Å². The summed E-state index contributed by atoms with van der Waals surface area (Å²) in [6.45, 7) is 1.68. The van der Waals surface area contributed by atoms with Crippen LogP contribution in [0.25, 0.3) is 0 Å². The summed E-state index contributed by atoms with van der Waals surface area (Å²) in [5, 5.41) is 0. The first-order valence-corrected chi connectivity index (χ1v) is 8.67. The van der Waals surface area contributed by atoms with E-state index >= 15 is 0 Å². The first kappa shape index (κ1) is 18.8. The van der Waals surface area contributed by atoms with Crippen molar-refractivity contribution < 1.29 is 23.1 Å². The van der Waals surface area contributed by atoms with Gasteiger partial charge in [0.2, 0.25) is 0 Å². The first-order chi connectivity index (χ1) is 13.0. The summed E-state index contributed by atoms with van der Waals surface area (Å²) in [5.74, 6) is -1.84. The Morgan fingerprint density at radius 3 is 1.93 bits per heavy atom. The highest BCUT2D eigenvalue weighted by Gasteiger charge is 2.24. The van der Waals surface area contributed by atoms with Gasteiger partial charge in [-0.2, -0.15) is 0 Å². The zero-order chi connectivity index (χ0) is 19.4. The maximum Gasteiger partial charge on any atom is 0.254 e. The Morgan fingerprint density at radius 1 is 0.815 bits per heavy atom. The van der Waals surface area contributed by atoms with Gasteiger partial charge in [-0.25, -0.2) is 8.78 Å². The highest BCUT2D eigenvalue weighted by molar-refractivity contribution is 5.95. The van der Waals surface area contributed by atoms with Crippen LogP contribution in [0.5, 0.6) is 5.75 Å². The summed E-state index contributed by atoms with van der Waals surface area (Å²) < 4.78 is 31.5. The third-order valence-electron chi connectivity index (χ3n) is 4.57. The van der Waals surface area contributed by atoms with Crippen LogP contribution in [0.15, 0.2) is 42.5 Å². The summed E-state index contributed by atoms with van der Waals surface area (Å²) >= 11 is 0. The molecule has 2 aromatic rings. The molecule has 1 saturated heterocycles. The standard InChI is InChI=1S/C20H20F2N2O3/c1-27-16-6-3-14(4-7-16)19(25)23-9-2-10-24(12-11-23)20(26)15-5-8-17(21)18(22)13-15/h3-8,13H,2,9-12H2,1H3. The first-order valence-electron chi connectivity index (χ1n) is 8.67. The molecule has 7 heteroatoms. The molecular weight excluding hydrogens is 354 g/mol. The van der Waals surface area contributed by atoms with Crippen LogP contribution < -0.4 is 4.74 Å². The Bertz CT molecular complexity index is 840. The topological polar surface area (TPSA) is 49.9 Å². The number of methoxy groups -OCH3 is 1. The normalized spacial score (nSPS) is 14.6. The van der Waals surface area contributed by atoms with Crippen LogP contribution in [-0.2, 0) is 0 Å². The highest BCUT2D eigenvalue weighted by Crippen LogP contribution is 2.16. The van der Waals surface area contributed by atoms with Crippen molar-refractivity contribution >= 4 is 11.8 Å². The van der Waals surface area contributed by atoms with Crippen LogP contribution in [0.3, 0.4) is 0 Å². The SMILES string of the molecule is COc1ccc(C(=O)N2CCCN(C(=O)c3ccc(F)c(F)c3)CC2)cc1. The lowest BCUT2D eigenvalue weighted by atomic mass is 10.2. The van der Waals surface area contributed by atoms with Gasteiger partial charge in [-0.15, -0.1) is 0 Å². The number of carbonyl (C=O) groups is 2. The summed E-state index contributed by atoms with van der Waals surface area (Å²) in [4.78, 5) is 28.5. The maximum atomic E-state index is 13.4. The van der Waals surface area contributed by atoms with Gasteiger partial charge in [0.25, 0.3) is 11.8 Å². The lowest BCUT2D eigenvalue weighted by Crippen LogP contribution is -2.37. The predicted molar refractivity (Wildman–Crippen MR) is 95.8 cm³/mol. The number of rotatable bonds is 3. The van der Waals surface area contributed by atoms with Gasteiger partial charge in [-0.05, 0) is 48.9 Å². The second-order valence-electron chi connectivity index (χ2n) is 6.30. The smallest absolute Gasteiger partial charge is 0.254 e. The number of hydrogen-bond donors (Lipinski definition) is 0. The second-order valence-corrected chi connectivity index (χ2v) is 6.30. The van der Waals surface area contributed by atoms with E-state index in [4.69, 9.17) is 4.74 Å². The molecule has 0 atom stereocenters. The van der Waals surface area contributed by atoms with E-state index in [1.807, 2.05) is 0 Å². The van der Waals surface area contributed by atoms with Crippen molar-refractivity contribution in [1.82, 2.24) is 9.80 Å². The molecule has 1 aliphatic rings. The fourth-order valence-electron chi connectivity index (χ4n) is 3.05. The van der Waals surface area contributed by atoms with Gasteiger partial charge in [0.15, 0.2) is 11.6 Å². The lowest BCUT2D eigenvalue weighted by Gasteiger charge is -2.22. The van der Waals surface area contributed by atoms with Crippen molar-refractivity contribution in [2.45, 2.75) is 6.42 Å². The van der Waals surface area contributed by atoms with Gasteiger partial charge in [-0.1, -0.05) is 0 Å². The van der Waals surface area contributed by atoms with E-state index < -0.39 is 11.6 Å². The fraction of sp³-hybridized carbons (Fsp3) is 0.300. The van der Waals surface area contributed by atoms with Crippen molar-refractivity contribution in [3.63, 3.8) is 0 Å². The number of ether oxygens (including phenoxy) is 1. The molecule has 2 amide bonds. The Kier molecular flexibility index (Phi) is 5.69. The third kappa shape index (κ3) is 4.24. The van der Waals surface area contributed by atoms with Crippen LogP contribution in [0, 0.1) is 11.6 Å². The Labute approximate surface area is 156 Å². The van der Waals surface area contributed by atoms with Gasteiger partial charge in [0.1, 0.15) is 5.75 Å². The van der Waals surface area contributed by atoms with E-state index in [9.17, 15) is 18.4 Å². The van der Waals surface area contributed by atoms with E-state index in [0.717, 1.165) is 12.1 Å². The molecule has 0 bridgehead atoms. The van der Waals surface area contributed by atoms with Crippen LogP contribution in [0.4, 0.5) is 8.78 Å². The van der Waals surface area contributed by atoms with Crippen LogP contribution in [0.2, 0.25) is 0 Å².